The molecule has 1 aliphatic heterocycles. The number of benzene rings is 2. The Labute approximate surface area is 193 Å². The molecule has 1 fully saturated rings. The summed E-state index contributed by atoms with van der Waals surface area (Å²) in [7, 11) is 1.25. The van der Waals surface area contributed by atoms with Gasteiger partial charge in [-0.1, -0.05) is 58.4 Å². The summed E-state index contributed by atoms with van der Waals surface area (Å²) in [6.45, 7) is 1.85. The van der Waals surface area contributed by atoms with Gasteiger partial charge in [-0.2, -0.15) is 0 Å². The molecular formula is C25H20BrNO5. The van der Waals surface area contributed by atoms with E-state index >= 15 is 0 Å². The van der Waals surface area contributed by atoms with E-state index in [1.165, 1.54) is 7.11 Å². The highest BCUT2D eigenvalue weighted by Gasteiger charge is 2.76. The second-order valence-electron chi connectivity index (χ2n) is 8.19. The molecule has 1 aromatic heterocycles. The first-order chi connectivity index (χ1) is 15.3. The zero-order valence-electron chi connectivity index (χ0n) is 17.4. The number of Topliss-reactive ketones (excluding diaryl/α,β-unsaturated/α-hetero) is 1. The first kappa shape index (κ1) is 20.8. The van der Waals surface area contributed by atoms with Crippen molar-refractivity contribution >= 4 is 27.7 Å². The Hall–Kier alpha value is -3.03. The molecule has 0 amide bonds. The second-order valence-corrected chi connectivity index (χ2v) is 9.10. The number of aryl methyl sites for hydroxylation is 1. The average molecular weight is 494 g/mol. The fourth-order valence-electron chi connectivity index (χ4n) is 5.07. The number of esters is 1. The predicted molar refractivity (Wildman–Crippen MR) is 119 cm³/mol. The number of nitrogens with zero attached hydrogens (tertiary/aromatic N) is 1. The molecule has 0 spiro atoms. The van der Waals surface area contributed by atoms with Crippen molar-refractivity contribution in [2.75, 3.05) is 7.11 Å². The maximum Gasteiger partial charge on any atom is 0.313 e. The third-order valence-corrected chi connectivity index (χ3v) is 6.94. The van der Waals surface area contributed by atoms with E-state index in [0.29, 0.717) is 11.1 Å². The van der Waals surface area contributed by atoms with Crippen molar-refractivity contribution in [1.29, 1.82) is 0 Å². The number of carbonyl (C=O) groups excluding carboxylic acids is 2. The molecular weight excluding hydrogens is 474 g/mol. The van der Waals surface area contributed by atoms with Crippen molar-refractivity contribution in [3.8, 4) is 5.75 Å². The number of rotatable bonds is 3. The molecule has 7 heteroatoms. The number of ether oxygens (including phenoxy) is 2. The summed E-state index contributed by atoms with van der Waals surface area (Å²) < 4.78 is 12.4. The van der Waals surface area contributed by atoms with Crippen LogP contribution in [0.4, 0.5) is 0 Å². The molecule has 2 aromatic carbocycles. The van der Waals surface area contributed by atoms with E-state index in [1.54, 1.807) is 36.5 Å². The molecule has 2 heterocycles. The molecule has 2 bridgehead atoms. The van der Waals surface area contributed by atoms with Gasteiger partial charge in [-0.15, -0.1) is 0 Å². The smallest absolute Gasteiger partial charge is 0.313 e. The summed E-state index contributed by atoms with van der Waals surface area (Å²) in [5, 5.41) is 12.0. The summed E-state index contributed by atoms with van der Waals surface area (Å²) in [6.07, 6.45) is 1.55. The van der Waals surface area contributed by atoms with E-state index < -0.39 is 34.8 Å². The van der Waals surface area contributed by atoms with Gasteiger partial charge in [-0.05, 0) is 36.2 Å². The molecule has 2 aliphatic rings. The van der Waals surface area contributed by atoms with Crippen molar-refractivity contribution in [2.24, 2.45) is 5.92 Å². The zero-order valence-corrected chi connectivity index (χ0v) is 19.0. The summed E-state index contributed by atoms with van der Waals surface area (Å²) in [5.41, 5.74) is -1.79. The Balaban J connectivity index is 1.89. The van der Waals surface area contributed by atoms with Crippen LogP contribution in [0.5, 0.6) is 5.75 Å². The number of aromatic nitrogens is 1. The summed E-state index contributed by atoms with van der Waals surface area (Å²) >= 11 is 3.43. The number of carbonyl (C=O) groups is 2. The summed E-state index contributed by atoms with van der Waals surface area (Å²) in [6, 6.07) is 18.0. The van der Waals surface area contributed by atoms with Crippen molar-refractivity contribution < 1.29 is 24.2 Å². The van der Waals surface area contributed by atoms with Gasteiger partial charge in [0, 0.05) is 16.2 Å². The van der Waals surface area contributed by atoms with Crippen molar-refractivity contribution in [3.63, 3.8) is 0 Å². The third-order valence-electron chi connectivity index (χ3n) is 6.41. The van der Waals surface area contributed by atoms with Crippen LogP contribution in [0.25, 0.3) is 0 Å². The van der Waals surface area contributed by atoms with E-state index in [0.717, 1.165) is 10.0 Å². The number of pyridine rings is 1. The van der Waals surface area contributed by atoms with E-state index in [4.69, 9.17) is 9.47 Å². The summed E-state index contributed by atoms with van der Waals surface area (Å²) in [5.74, 6) is -3.14. The molecule has 0 saturated heterocycles. The molecule has 3 aromatic rings. The Bertz CT molecular complexity index is 1230. The molecule has 5 rings (SSSR count). The van der Waals surface area contributed by atoms with E-state index in [1.807, 2.05) is 37.3 Å². The molecule has 1 saturated carbocycles. The van der Waals surface area contributed by atoms with Crippen LogP contribution in [0.15, 0.2) is 71.3 Å². The van der Waals surface area contributed by atoms with Gasteiger partial charge in [-0.25, -0.2) is 0 Å². The van der Waals surface area contributed by atoms with Gasteiger partial charge < -0.3 is 14.6 Å². The van der Waals surface area contributed by atoms with Gasteiger partial charge in [0.15, 0.2) is 5.60 Å². The normalized spacial score (nSPS) is 28.1. The van der Waals surface area contributed by atoms with Crippen LogP contribution in [0.2, 0.25) is 0 Å². The topological polar surface area (TPSA) is 85.7 Å². The molecule has 1 aliphatic carbocycles. The highest BCUT2D eigenvalue weighted by atomic mass is 79.9. The number of aliphatic hydroxyl groups is 1. The fraction of sp³-hybridized carbons (Fsp3) is 0.240. The van der Waals surface area contributed by atoms with Crippen LogP contribution in [0.3, 0.4) is 0 Å². The molecule has 3 unspecified atom stereocenters. The maximum atomic E-state index is 14.1. The van der Waals surface area contributed by atoms with Crippen LogP contribution in [0, 0.1) is 12.8 Å². The van der Waals surface area contributed by atoms with Gasteiger partial charge in [-0.3, -0.25) is 14.6 Å². The first-order valence-electron chi connectivity index (χ1n) is 10.2. The number of hydrogen-bond donors (Lipinski definition) is 1. The Morgan fingerprint density at radius 1 is 1.16 bits per heavy atom. The SMILES string of the molecule is COC(=O)C1C(c2ccccc2)C2(c3ccc(Br)cc3)Oc3cc(C)cnc3[C@@]1(O)C2=O. The second kappa shape index (κ2) is 7.25. The molecule has 0 radical (unpaired) electrons. The van der Waals surface area contributed by atoms with E-state index in [2.05, 4.69) is 20.9 Å². The van der Waals surface area contributed by atoms with Crippen molar-refractivity contribution in [1.82, 2.24) is 4.98 Å². The zero-order chi connectivity index (χ0) is 22.7. The van der Waals surface area contributed by atoms with Gasteiger partial charge in [0.25, 0.3) is 0 Å². The van der Waals surface area contributed by atoms with Crippen molar-refractivity contribution in [2.45, 2.75) is 24.0 Å². The van der Waals surface area contributed by atoms with Gasteiger partial charge in [0.2, 0.25) is 11.4 Å². The maximum absolute atomic E-state index is 14.1. The highest BCUT2D eigenvalue weighted by Crippen LogP contribution is 2.64. The first-order valence-corrected chi connectivity index (χ1v) is 11.0. The molecule has 1 N–H and O–H groups in total. The van der Waals surface area contributed by atoms with E-state index in [9.17, 15) is 14.7 Å². The lowest BCUT2D eigenvalue weighted by atomic mass is 9.75. The monoisotopic (exact) mass is 493 g/mol. The quantitative estimate of drug-likeness (QED) is 0.558. The number of methoxy groups -OCH3 is 1. The number of hydrogen-bond acceptors (Lipinski definition) is 6. The lowest BCUT2D eigenvalue weighted by Crippen LogP contribution is -2.51. The lowest BCUT2D eigenvalue weighted by Gasteiger charge is -2.39. The van der Waals surface area contributed by atoms with Crippen LogP contribution in [-0.4, -0.2) is 29.0 Å². The number of fused-ring (bicyclic) bond motifs is 4. The van der Waals surface area contributed by atoms with Crippen LogP contribution in [-0.2, 0) is 25.5 Å². The number of ketones is 1. The Kier molecular flexibility index (Phi) is 4.72. The van der Waals surface area contributed by atoms with Crippen LogP contribution < -0.4 is 4.74 Å². The average Bonchev–Trinajstić information content (AvgIpc) is 2.93. The van der Waals surface area contributed by atoms with Gasteiger partial charge in [0.05, 0.1) is 13.0 Å². The highest BCUT2D eigenvalue weighted by molar-refractivity contribution is 9.10. The van der Waals surface area contributed by atoms with Crippen molar-refractivity contribution in [3.05, 3.63) is 93.7 Å². The minimum atomic E-state index is -2.21. The minimum Gasteiger partial charge on any atom is -0.472 e. The largest absolute Gasteiger partial charge is 0.472 e. The molecule has 32 heavy (non-hydrogen) atoms. The Morgan fingerprint density at radius 3 is 2.50 bits per heavy atom. The molecule has 162 valence electrons. The molecule has 4 atom stereocenters. The van der Waals surface area contributed by atoms with Crippen LogP contribution in [0.1, 0.15) is 28.3 Å². The van der Waals surface area contributed by atoms with Gasteiger partial charge >= 0.3 is 5.97 Å². The lowest BCUT2D eigenvalue weighted by molar-refractivity contribution is -0.163. The fourth-order valence-corrected chi connectivity index (χ4v) is 5.34. The van der Waals surface area contributed by atoms with E-state index in [-0.39, 0.29) is 11.4 Å². The Morgan fingerprint density at radius 2 is 1.84 bits per heavy atom. The number of halogens is 1. The van der Waals surface area contributed by atoms with Crippen LogP contribution >= 0.6 is 15.9 Å². The predicted octanol–water partition coefficient (Wildman–Crippen LogP) is 3.78. The molecule has 6 nitrogen and oxygen atoms in total. The third kappa shape index (κ3) is 2.64. The minimum absolute atomic E-state index is 0.0367. The summed E-state index contributed by atoms with van der Waals surface area (Å²) in [4.78, 5) is 31.7. The standard InChI is InChI=1S/C25H20BrNO5/c1-14-12-18-21(27-13-14)24(30)20(22(28)31-2)19(15-6-4-3-5-7-15)25(32-18,23(24)29)16-8-10-17(26)11-9-16/h3-13,19-20,30H,1-2H3/t19?,20?,24-,25?/m1/s1. The van der Waals surface area contributed by atoms with Gasteiger partial charge in [0.1, 0.15) is 17.4 Å².